The number of hydrazine groups is 1. The van der Waals surface area contributed by atoms with Crippen LogP contribution in [0.15, 0.2) is 45.2 Å². The van der Waals surface area contributed by atoms with Gasteiger partial charge in [0.25, 0.3) is 5.91 Å². The van der Waals surface area contributed by atoms with Crippen molar-refractivity contribution in [1.82, 2.24) is 16.2 Å². The Hall–Kier alpha value is -2.88. The monoisotopic (exact) mass is 507 g/mol. The number of thioether (sulfide) groups is 1. The summed E-state index contributed by atoms with van der Waals surface area (Å²) in [5, 5.41) is 15.5. The molecule has 12 nitrogen and oxygen atoms in total. The number of carbonyl (C=O) groups excluding carboxylic acids is 1. The highest BCUT2D eigenvalue weighted by molar-refractivity contribution is 8.00. The Balaban J connectivity index is 2.21. The largest absolute Gasteiger partial charge is 0.398 e. The fourth-order valence-corrected chi connectivity index (χ4v) is 5.88. The van der Waals surface area contributed by atoms with Crippen molar-refractivity contribution in [2.75, 3.05) is 31.1 Å². The number of nitrogens with zero attached hydrogens (tertiary/aromatic N) is 1. The number of amides is 1. The number of nitrogens with one attached hydrogen (secondary N) is 3. The second-order valence-corrected chi connectivity index (χ2v) is 10.2. The van der Waals surface area contributed by atoms with Crippen molar-refractivity contribution in [2.24, 2.45) is 27.6 Å². The lowest BCUT2D eigenvalue weighted by molar-refractivity contribution is 0.0941. The number of nitrogen functional groups attached to an aromatic ring is 1. The molecule has 184 valence electrons. The van der Waals surface area contributed by atoms with Crippen LogP contribution in [0.3, 0.4) is 0 Å². The molecule has 13 N–H and O–H groups in total. The van der Waals surface area contributed by atoms with E-state index in [1.807, 2.05) is 0 Å². The van der Waals surface area contributed by atoms with Crippen molar-refractivity contribution in [3.05, 3.63) is 41.5 Å². The van der Waals surface area contributed by atoms with E-state index in [1.165, 1.54) is 11.8 Å². The zero-order valence-electron chi connectivity index (χ0n) is 18.4. The standard InChI is InChI=1S/C20H29N9O3S2/c21-7-9-33-15-5-4-12(16(19(23)28-29-24)18(15)34(25,31)32)13-2-1-3-14(17(13)22)20(30)27-11-6-8-26-10-11/h1-5,11,26,29H,6-10,21-22,24H2,(H2,23,28)(H,27,30)(H2,25,31,32). The smallest absolute Gasteiger partial charge is 0.253 e. The third kappa shape index (κ3) is 5.60. The van der Waals surface area contributed by atoms with Gasteiger partial charge in [-0.05, 0) is 30.7 Å². The fourth-order valence-electron chi connectivity index (χ4n) is 3.77. The van der Waals surface area contributed by atoms with Crippen LogP contribution in [0.1, 0.15) is 22.3 Å². The molecule has 2 aromatic carbocycles. The highest BCUT2D eigenvalue weighted by Gasteiger charge is 2.27. The number of rotatable bonds is 9. The fraction of sp³-hybridized carbons (Fsp3) is 0.300. The molecular formula is C20H29N9O3S2. The van der Waals surface area contributed by atoms with E-state index in [1.54, 1.807) is 30.3 Å². The number of hydrogen-bond acceptors (Lipinski definition) is 10. The Labute approximate surface area is 202 Å². The Morgan fingerprint density at radius 1 is 1.24 bits per heavy atom. The van der Waals surface area contributed by atoms with Gasteiger partial charge in [0.05, 0.1) is 11.3 Å². The normalized spacial score (nSPS) is 16.4. The second kappa shape index (κ2) is 11.0. The highest BCUT2D eigenvalue weighted by Crippen LogP contribution is 2.38. The molecular weight excluding hydrogens is 478 g/mol. The van der Waals surface area contributed by atoms with Crippen molar-refractivity contribution in [3.8, 4) is 11.1 Å². The minimum Gasteiger partial charge on any atom is -0.398 e. The minimum atomic E-state index is -4.26. The first-order chi connectivity index (χ1) is 16.2. The van der Waals surface area contributed by atoms with Crippen molar-refractivity contribution in [3.63, 3.8) is 0 Å². The Morgan fingerprint density at radius 2 is 2.00 bits per heavy atom. The maximum Gasteiger partial charge on any atom is 0.253 e. The van der Waals surface area contributed by atoms with Gasteiger partial charge in [-0.2, -0.15) is 0 Å². The summed E-state index contributed by atoms with van der Waals surface area (Å²) in [5.41, 5.74) is 21.3. The van der Waals surface area contributed by atoms with Crippen LogP contribution >= 0.6 is 11.8 Å². The van der Waals surface area contributed by atoms with E-state index >= 15 is 0 Å². The van der Waals surface area contributed by atoms with Crippen molar-refractivity contribution >= 4 is 39.2 Å². The van der Waals surface area contributed by atoms with E-state index in [4.69, 9.17) is 28.2 Å². The lowest BCUT2D eigenvalue weighted by Gasteiger charge is -2.19. The van der Waals surface area contributed by atoms with E-state index in [0.717, 1.165) is 13.0 Å². The molecule has 0 radical (unpaired) electrons. The first-order valence-corrected chi connectivity index (χ1v) is 12.9. The van der Waals surface area contributed by atoms with Crippen LogP contribution in [0.4, 0.5) is 5.69 Å². The van der Waals surface area contributed by atoms with Gasteiger partial charge in [-0.1, -0.05) is 18.2 Å². The molecule has 1 fully saturated rings. The number of benzene rings is 2. The molecule has 14 heteroatoms. The molecule has 1 amide bonds. The van der Waals surface area contributed by atoms with Crippen LogP contribution in [0.25, 0.3) is 11.1 Å². The number of primary sulfonamides is 1. The lowest BCUT2D eigenvalue weighted by atomic mass is 9.95. The predicted molar refractivity (Wildman–Crippen MR) is 134 cm³/mol. The Bertz CT molecular complexity index is 1200. The SMILES string of the molecule is NCCSc1ccc(-c2cccc(C(=O)NC3CCNC3)c2N)c(/C(N)=N/NN)c1S(N)(=O)=O. The van der Waals surface area contributed by atoms with E-state index in [9.17, 15) is 13.2 Å². The molecule has 0 bridgehead atoms. The molecule has 1 unspecified atom stereocenters. The van der Waals surface area contributed by atoms with Crippen LogP contribution in [0.5, 0.6) is 0 Å². The maximum atomic E-state index is 12.9. The molecule has 0 aliphatic carbocycles. The number of para-hydroxylation sites is 1. The van der Waals surface area contributed by atoms with Crippen molar-refractivity contribution < 1.29 is 13.2 Å². The van der Waals surface area contributed by atoms with Crippen molar-refractivity contribution in [1.29, 1.82) is 0 Å². The van der Waals surface area contributed by atoms with Gasteiger partial charge in [-0.25, -0.2) is 24.9 Å². The first-order valence-electron chi connectivity index (χ1n) is 10.4. The number of amidine groups is 1. The molecule has 0 saturated carbocycles. The van der Waals surface area contributed by atoms with Gasteiger partial charge in [0.1, 0.15) is 4.90 Å². The van der Waals surface area contributed by atoms with Crippen molar-refractivity contribution in [2.45, 2.75) is 22.3 Å². The summed E-state index contributed by atoms with van der Waals surface area (Å²) in [6.07, 6.45) is 0.814. The van der Waals surface area contributed by atoms with Gasteiger partial charge >= 0.3 is 0 Å². The summed E-state index contributed by atoms with van der Waals surface area (Å²) in [4.78, 5) is 13.0. The average Bonchev–Trinajstić information content (AvgIpc) is 3.29. The Morgan fingerprint density at radius 3 is 2.62 bits per heavy atom. The van der Waals surface area contributed by atoms with Gasteiger partial charge in [0, 0.05) is 40.9 Å². The summed E-state index contributed by atoms with van der Waals surface area (Å²) in [6, 6.07) is 8.15. The number of anilines is 1. The quantitative estimate of drug-likeness (QED) is 0.0505. The maximum absolute atomic E-state index is 12.9. The summed E-state index contributed by atoms with van der Waals surface area (Å²) in [5.74, 6) is 5.20. The molecule has 1 aliphatic heterocycles. The molecule has 34 heavy (non-hydrogen) atoms. The van der Waals surface area contributed by atoms with Gasteiger partial charge in [-0.3, -0.25) is 4.79 Å². The predicted octanol–water partition coefficient (Wildman–Crippen LogP) is -1.19. The van der Waals surface area contributed by atoms with E-state index in [2.05, 4.69) is 21.3 Å². The number of nitrogens with two attached hydrogens (primary N) is 5. The topological polar surface area (TPSA) is 230 Å². The lowest BCUT2D eigenvalue weighted by Crippen LogP contribution is -2.36. The van der Waals surface area contributed by atoms with Crippen LogP contribution < -0.4 is 44.4 Å². The van der Waals surface area contributed by atoms with E-state index < -0.39 is 10.0 Å². The van der Waals surface area contributed by atoms with Crippen LogP contribution in [-0.2, 0) is 10.0 Å². The van der Waals surface area contributed by atoms with Crippen LogP contribution in [-0.4, -0.2) is 51.6 Å². The van der Waals surface area contributed by atoms with Gasteiger partial charge in [0.15, 0.2) is 5.84 Å². The Kier molecular flexibility index (Phi) is 8.35. The second-order valence-electron chi connectivity index (χ2n) is 7.55. The minimum absolute atomic E-state index is 0.00244. The third-order valence-corrected chi connectivity index (χ3v) is 7.47. The molecule has 0 aromatic heterocycles. The highest BCUT2D eigenvalue weighted by atomic mass is 32.2. The number of hydrazone groups is 1. The zero-order valence-corrected chi connectivity index (χ0v) is 20.0. The molecule has 3 rings (SSSR count). The summed E-state index contributed by atoms with van der Waals surface area (Å²) >= 11 is 1.21. The van der Waals surface area contributed by atoms with Gasteiger partial charge in [0.2, 0.25) is 10.0 Å². The summed E-state index contributed by atoms with van der Waals surface area (Å²) < 4.78 is 25.3. The molecule has 1 saturated heterocycles. The zero-order chi connectivity index (χ0) is 24.9. The van der Waals surface area contributed by atoms with Crippen LogP contribution in [0.2, 0.25) is 0 Å². The molecule has 1 heterocycles. The number of hydrogen-bond donors (Lipinski definition) is 8. The molecule has 2 aromatic rings. The van der Waals surface area contributed by atoms with E-state index in [-0.39, 0.29) is 39.5 Å². The average molecular weight is 508 g/mol. The molecule has 1 aliphatic rings. The van der Waals surface area contributed by atoms with Crippen LogP contribution in [0, 0.1) is 0 Å². The summed E-state index contributed by atoms with van der Waals surface area (Å²) in [7, 11) is -4.26. The molecule has 0 spiro atoms. The molecule has 1 atom stereocenters. The number of sulfonamides is 1. The van der Waals surface area contributed by atoms with E-state index in [0.29, 0.717) is 34.9 Å². The third-order valence-electron chi connectivity index (χ3n) is 5.26. The van der Waals surface area contributed by atoms with Gasteiger partial charge in [-0.15, -0.1) is 16.9 Å². The van der Waals surface area contributed by atoms with Gasteiger partial charge < -0.3 is 27.8 Å². The number of carbonyl (C=O) groups is 1. The summed E-state index contributed by atoms with van der Waals surface area (Å²) in [6.45, 7) is 1.82. The first kappa shape index (κ1) is 25.7.